The van der Waals surface area contributed by atoms with Gasteiger partial charge in [0.1, 0.15) is 4.90 Å². The third-order valence-electron chi connectivity index (χ3n) is 2.65. The Morgan fingerprint density at radius 2 is 1.89 bits per heavy atom. The first-order chi connectivity index (χ1) is 8.29. The van der Waals surface area contributed by atoms with Crippen molar-refractivity contribution in [1.82, 2.24) is 4.72 Å². The zero-order chi connectivity index (χ0) is 13.9. The Balaban J connectivity index is 3.17. The Bertz CT molecular complexity index is 526. The van der Waals surface area contributed by atoms with E-state index in [1.807, 2.05) is 6.07 Å². The van der Waals surface area contributed by atoms with Crippen LogP contribution in [0.5, 0.6) is 0 Å². The standard InChI is InChI=1S/C12H20N2O3S/c1-8-5-6-9(2)12(11(8)13)18(15,16)14-10(3)7-17-4/h5-6,10,14H,7,13H2,1-4H3. The summed E-state index contributed by atoms with van der Waals surface area (Å²) in [5.41, 5.74) is 7.55. The second-order valence-corrected chi connectivity index (χ2v) is 6.07. The van der Waals surface area contributed by atoms with Gasteiger partial charge in [0.05, 0.1) is 12.3 Å². The first-order valence-corrected chi connectivity index (χ1v) is 7.15. The summed E-state index contributed by atoms with van der Waals surface area (Å²) in [5.74, 6) is 0. The molecule has 6 heteroatoms. The van der Waals surface area contributed by atoms with Gasteiger partial charge >= 0.3 is 0 Å². The third-order valence-corrected chi connectivity index (χ3v) is 4.44. The molecule has 0 fully saturated rings. The zero-order valence-electron chi connectivity index (χ0n) is 11.1. The second kappa shape index (κ2) is 5.69. The van der Waals surface area contributed by atoms with Crippen LogP contribution in [0, 0.1) is 13.8 Å². The zero-order valence-corrected chi connectivity index (χ0v) is 12.0. The minimum absolute atomic E-state index is 0.158. The number of nitrogens with one attached hydrogen (secondary N) is 1. The van der Waals surface area contributed by atoms with Gasteiger partial charge in [-0.3, -0.25) is 0 Å². The number of aryl methyl sites for hydroxylation is 2. The maximum Gasteiger partial charge on any atom is 0.243 e. The van der Waals surface area contributed by atoms with Gasteiger partial charge in [-0.15, -0.1) is 0 Å². The van der Waals surface area contributed by atoms with Crippen LogP contribution in [0.2, 0.25) is 0 Å². The van der Waals surface area contributed by atoms with E-state index in [9.17, 15) is 8.42 Å². The van der Waals surface area contributed by atoms with Crippen LogP contribution in [-0.2, 0) is 14.8 Å². The van der Waals surface area contributed by atoms with Gasteiger partial charge in [0.15, 0.2) is 0 Å². The van der Waals surface area contributed by atoms with Gasteiger partial charge in [-0.1, -0.05) is 12.1 Å². The molecule has 0 radical (unpaired) electrons. The highest BCUT2D eigenvalue weighted by Crippen LogP contribution is 2.25. The molecule has 3 N–H and O–H groups in total. The topological polar surface area (TPSA) is 81.4 Å². The van der Waals surface area contributed by atoms with Gasteiger partial charge in [0.2, 0.25) is 10.0 Å². The Morgan fingerprint density at radius 3 is 2.44 bits per heavy atom. The number of sulfonamides is 1. The number of anilines is 1. The van der Waals surface area contributed by atoms with E-state index in [1.165, 1.54) is 7.11 Å². The van der Waals surface area contributed by atoms with Crippen LogP contribution in [0.15, 0.2) is 17.0 Å². The molecule has 0 amide bonds. The predicted octanol–water partition coefficient (Wildman–Crippen LogP) is 1.20. The fraction of sp³-hybridized carbons (Fsp3) is 0.500. The summed E-state index contributed by atoms with van der Waals surface area (Å²) in [7, 11) is -2.10. The van der Waals surface area contributed by atoms with Gasteiger partial charge < -0.3 is 10.5 Å². The smallest absolute Gasteiger partial charge is 0.243 e. The van der Waals surface area contributed by atoms with E-state index in [1.54, 1.807) is 26.8 Å². The average molecular weight is 272 g/mol. The van der Waals surface area contributed by atoms with Gasteiger partial charge in [0, 0.05) is 13.2 Å². The van der Waals surface area contributed by atoms with E-state index in [-0.39, 0.29) is 10.9 Å². The molecule has 102 valence electrons. The highest BCUT2D eigenvalue weighted by Gasteiger charge is 2.23. The predicted molar refractivity (Wildman–Crippen MR) is 72.0 cm³/mol. The molecule has 0 bridgehead atoms. The number of hydrogen-bond acceptors (Lipinski definition) is 4. The quantitative estimate of drug-likeness (QED) is 0.789. The molecule has 0 aliphatic rings. The SMILES string of the molecule is COCC(C)NS(=O)(=O)c1c(C)ccc(C)c1N. The normalized spacial score (nSPS) is 13.6. The third kappa shape index (κ3) is 3.22. The molecule has 0 heterocycles. The fourth-order valence-electron chi connectivity index (χ4n) is 1.77. The van der Waals surface area contributed by atoms with Gasteiger partial charge in [-0.05, 0) is 31.9 Å². The number of ether oxygens (including phenoxy) is 1. The first kappa shape index (κ1) is 14.9. The van der Waals surface area contributed by atoms with E-state index >= 15 is 0 Å². The van der Waals surface area contributed by atoms with E-state index in [2.05, 4.69) is 4.72 Å². The molecule has 0 aliphatic heterocycles. The monoisotopic (exact) mass is 272 g/mol. The molecule has 5 nitrogen and oxygen atoms in total. The Kier molecular flexibility index (Phi) is 4.72. The van der Waals surface area contributed by atoms with Crippen LogP contribution >= 0.6 is 0 Å². The minimum atomic E-state index is -3.62. The van der Waals surface area contributed by atoms with E-state index in [0.717, 1.165) is 5.56 Å². The number of hydrogen-bond donors (Lipinski definition) is 2. The van der Waals surface area contributed by atoms with Gasteiger partial charge in [-0.25, -0.2) is 13.1 Å². The van der Waals surface area contributed by atoms with E-state index in [4.69, 9.17) is 10.5 Å². The number of benzene rings is 1. The lowest BCUT2D eigenvalue weighted by molar-refractivity contribution is 0.180. The van der Waals surface area contributed by atoms with Crippen molar-refractivity contribution in [3.63, 3.8) is 0 Å². The van der Waals surface area contributed by atoms with Crippen LogP contribution in [0.1, 0.15) is 18.1 Å². The lowest BCUT2D eigenvalue weighted by Gasteiger charge is -2.17. The number of nitrogen functional groups attached to an aromatic ring is 1. The van der Waals surface area contributed by atoms with Crippen molar-refractivity contribution < 1.29 is 13.2 Å². The molecule has 1 atom stereocenters. The summed E-state index contributed by atoms with van der Waals surface area (Å²) in [4.78, 5) is 0.158. The van der Waals surface area contributed by atoms with Crippen LogP contribution < -0.4 is 10.5 Å². The van der Waals surface area contributed by atoms with Crippen molar-refractivity contribution in [2.75, 3.05) is 19.5 Å². The van der Waals surface area contributed by atoms with Crippen LogP contribution in [-0.4, -0.2) is 28.2 Å². The molecule has 1 aromatic carbocycles. The lowest BCUT2D eigenvalue weighted by Crippen LogP contribution is -2.36. The number of methoxy groups -OCH3 is 1. The molecule has 0 spiro atoms. The fourth-order valence-corrected chi connectivity index (χ4v) is 3.43. The van der Waals surface area contributed by atoms with Crippen molar-refractivity contribution in [1.29, 1.82) is 0 Å². The van der Waals surface area contributed by atoms with Crippen molar-refractivity contribution in [2.45, 2.75) is 31.7 Å². The average Bonchev–Trinajstić information content (AvgIpc) is 2.23. The highest BCUT2D eigenvalue weighted by atomic mass is 32.2. The van der Waals surface area contributed by atoms with E-state index in [0.29, 0.717) is 17.9 Å². The lowest BCUT2D eigenvalue weighted by atomic mass is 10.1. The molecule has 0 saturated heterocycles. The van der Waals surface area contributed by atoms with Crippen LogP contribution in [0.4, 0.5) is 5.69 Å². The maximum absolute atomic E-state index is 12.3. The van der Waals surface area contributed by atoms with Gasteiger partial charge in [-0.2, -0.15) is 0 Å². The summed E-state index contributed by atoms with van der Waals surface area (Å²) in [6.45, 7) is 5.56. The Hall–Kier alpha value is -1.11. The molecule has 0 aromatic heterocycles. The van der Waals surface area contributed by atoms with Crippen LogP contribution in [0.3, 0.4) is 0 Å². The summed E-state index contributed by atoms with van der Waals surface area (Å²) in [6.07, 6.45) is 0. The largest absolute Gasteiger partial charge is 0.397 e. The summed E-state index contributed by atoms with van der Waals surface area (Å²) in [5, 5.41) is 0. The minimum Gasteiger partial charge on any atom is -0.397 e. The Morgan fingerprint density at radius 1 is 1.33 bits per heavy atom. The molecule has 0 aliphatic carbocycles. The van der Waals surface area contributed by atoms with E-state index < -0.39 is 10.0 Å². The summed E-state index contributed by atoms with van der Waals surface area (Å²) in [6, 6.07) is 3.25. The molecule has 1 aromatic rings. The van der Waals surface area contributed by atoms with Gasteiger partial charge in [0.25, 0.3) is 0 Å². The molecular weight excluding hydrogens is 252 g/mol. The number of nitrogens with two attached hydrogens (primary N) is 1. The maximum atomic E-state index is 12.3. The summed E-state index contributed by atoms with van der Waals surface area (Å²) < 4.78 is 32.0. The van der Waals surface area contributed by atoms with Crippen molar-refractivity contribution in [3.05, 3.63) is 23.3 Å². The van der Waals surface area contributed by atoms with Crippen LogP contribution in [0.25, 0.3) is 0 Å². The van der Waals surface area contributed by atoms with Crippen molar-refractivity contribution in [2.24, 2.45) is 0 Å². The molecular formula is C12H20N2O3S. The molecule has 0 saturated carbocycles. The number of rotatable bonds is 5. The molecule has 1 rings (SSSR count). The Labute approximate surface area is 108 Å². The second-order valence-electron chi connectivity index (χ2n) is 4.42. The summed E-state index contributed by atoms with van der Waals surface area (Å²) >= 11 is 0. The van der Waals surface area contributed by atoms with Crippen molar-refractivity contribution >= 4 is 15.7 Å². The van der Waals surface area contributed by atoms with Crippen molar-refractivity contribution in [3.8, 4) is 0 Å². The molecule has 18 heavy (non-hydrogen) atoms. The molecule has 1 unspecified atom stereocenters. The first-order valence-electron chi connectivity index (χ1n) is 5.66. The highest BCUT2D eigenvalue weighted by molar-refractivity contribution is 7.89.